The van der Waals surface area contributed by atoms with E-state index < -0.39 is 0 Å². The van der Waals surface area contributed by atoms with Crippen molar-refractivity contribution in [3.63, 3.8) is 0 Å². The predicted octanol–water partition coefficient (Wildman–Crippen LogP) is 4.30. The maximum atomic E-state index is 13.3. The van der Waals surface area contributed by atoms with Crippen molar-refractivity contribution >= 4 is 28.5 Å². The maximum absolute atomic E-state index is 13.3. The Kier molecular flexibility index (Phi) is 5.45. The Bertz CT molecular complexity index is 1170. The quantitative estimate of drug-likeness (QED) is 0.620. The Hall–Kier alpha value is -3.15. The number of anilines is 1. The third-order valence-corrected chi connectivity index (χ3v) is 6.76. The number of aryl methyl sites for hydroxylation is 1. The van der Waals surface area contributed by atoms with Gasteiger partial charge in [-0.2, -0.15) is 0 Å². The molecule has 6 heteroatoms. The number of aromatic nitrogens is 2. The summed E-state index contributed by atoms with van der Waals surface area (Å²) in [4.78, 5) is 34.5. The van der Waals surface area contributed by atoms with Gasteiger partial charge in [-0.25, -0.2) is 4.98 Å². The Labute approximate surface area is 188 Å². The summed E-state index contributed by atoms with van der Waals surface area (Å²) in [6, 6.07) is 16.5. The number of nitrogens with zero attached hydrogens (tertiary/aromatic N) is 4. The van der Waals surface area contributed by atoms with Crippen LogP contribution in [-0.2, 0) is 16.0 Å². The fraction of sp³-hybridized carbons (Fsp3) is 0.423. The summed E-state index contributed by atoms with van der Waals surface area (Å²) >= 11 is 0. The average molecular weight is 431 g/mol. The van der Waals surface area contributed by atoms with E-state index in [0.29, 0.717) is 19.0 Å². The number of carbonyl (C=O) groups excluding carboxylic acids is 2. The predicted molar refractivity (Wildman–Crippen MR) is 126 cm³/mol. The van der Waals surface area contributed by atoms with E-state index in [1.165, 1.54) is 0 Å². The largest absolute Gasteiger partial charge is 0.340 e. The number of rotatable bonds is 4. The molecule has 2 aliphatic heterocycles. The molecule has 3 heterocycles. The van der Waals surface area contributed by atoms with Gasteiger partial charge in [0.25, 0.3) is 0 Å². The van der Waals surface area contributed by atoms with Crippen molar-refractivity contribution < 1.29 is 9.59 Å². The number of amides is 2. The Morgan fingerprint density at radius 3 is 2.72 bits per heavy atom. The van der Waals surface area contributed by atoms with Gasteiger partial charge >= 0.3 is 0 Å². The van der Waals surface area contributed by atoms with Crippen LogP contribution in [0.15, 0.2) is 48.5 Å². The van der Waals surface area contributed by atoms with Crippen molar-refractivity contribution in [2.24, 2.45) is 0 Å². The summed E-state index contributed by atoms with van der Waals surface area (Å²) < 4.78 is 2.32. The molecule has 0 spiro atoms. The number of para-hydroxylation sites is 3. The number of likely N-dealkylation sites (tertiary alicyclic amines) is 1. The van der Waals surface area contributed by atoms with E-state index in [2.05, 4.69) is 36.6 Å². The van der Waals surface area contributed by atoms with Gasteiger partial charge in [-0.1, -0.05) is 30.3 Å². The van der Waals surface area contributed by atoms with Crippen LogP contribution in [0.1, 0.15) is 56.5 Å². The van der Waals surface area contributed by atoms with E-state index in [1.807, 2.05) is 35.2 Å². The molecule has 0 N–H and O–H groups in total. The van der Waals surface area contributed by atoms with E-state index in [0.717, 1.165) is 53.9 Å². The van der Waals surface area contributed by atoms with Crippen molar-refractivity contribution in [3.05, 3.63) is 59.9 Å². The molecule has 1 atom stereocenters. The molecule has 0 radical (unpaired) electrons. The monoisotopic (exact) mass is 430 g/mol. The first kappa shape index (κ1) is 20.7. The fourth-order valence-corrected chi connectivity index (χ4v) is 5.21. The lowest BCUT2D eigenvalue weighted by molar-refractivity contribution is -0.132. The molecule has 2 aliphatic rings. The highest BCUT2D eigenvalue weighted by Crippen LogP contribution is 2.32. The number of carbonyl (C=O) groups is 2. The molecule has 32 heavy (non-hydrogen) atoms. The highest BCUT2D eigenvalue weighted by Gasteiger charge is 2.32. The van der Waals surface area contributed by atoms with Crippen LogP contribution in [0.2, 0.25) is 0 Å². The molecule has 5 rings (SSSR count). The molecule has 1 unspecified atom stereocenters. The number of benzene rings is 2. The molecule has 0 aliphatic carbocycles. The van der Waals surface area contributed by atoms with E-state index in [-0.39, 0.29) is 24.3 Å². The van der Waals surface area contributed by atoms with E-state index in [1.54, 1.807) is 4.90 Å². The van der Waals surface area contributed by atoms with Crippen molar-refractivity contribution in [1.29, 1.82) is 0 Å². The van der Waals surface area contributed by atoms with Crippen LogP contribution in [0.3, 0.4) is 0 Å². The lowest BCUT2D eigenvalue weighted by Crippen LogP contribution is -2.47. The molecule has 0 bridgehead atoms. The van der Waals surface area contributed by atoms with Crippen LogP contribution in [0.4, 0.5) is 5.69 Å². The van der Waals surface area contributed by atoms with Crippen LogP contribution >= 0.6 is 0 Å². The second-order valence-electron chi connectivity index (χ2n) is 9.21. The first-order chi connectivity index (χ1) is 15.5. The standard InChI is InChI=1S/C26H30N4O2/c1-18(2)30-23-12-6-4-10-21(23)27-26(30)20-9-7-15-28(16-20)25(32)17-29-22-11-5-3-8-19(22)13-14-24(29)31/h3-6,8,10-12,18,20H,7,9,13-17H2,1-2H3. The summed E-state index contributed by atoms with van der Waals surface area (Å²) in [5.74, 6) is 1.32. The van der Waals surface area contributed by atoms with Crippen molar-refractivity contribution in [2.75, 3.05) is 24.5 Å². The molecule has 1 fully saturated rings. The number of hydrogen-bond donors (Lipinski definition) is 0. The molecule has 1 aromatic heterocycles. The van der Waals surface area contributed by atoms with Gasteiger partial charge in [0, 0.05) is 37.2 Å². The van der Waals surface area contributed by atoms with Crippen LogP contribution in [0.25, 0.3) is 11.0 Å². The van der Waals surface area contributed by atoms with Crippen molar-refractivity contribution in [2.45, 2.75) is 51.5 Å². The Balaban J connectivity index is 1.37. The van der Waals surface area contributed by atoms with Crippen LogP contribution in [0, 0.1) is 0 Å². The molecular weight excluding hydrogens is 400 g/mol. The van der Waals surface area contributed by atoms with Gasteiger partial charge in [0.2, 0.25) is 11.8 Å². The molecule has 0 saturated carbocycles. The summed E-state index contributed by atoms with van der Waals surface area (Å²) in [5.41, 5.74) is 4.18. The van der Waals surface area contributed by atoms with Gasteiger partial charge in [-0.3, -0.25) is 9.59 Å². The lowest BCUT2D eigenvalue weighted by atomic mass is 9.96. The summed E-state index contributed by atoms with van der Waals surface area (Å²) in [6.07, 6.45) is 3.18. The normalized spacial score (nSPS) is 19.0. The van der Waals surface area contributed by atoms with Gasteiger partial charge in [-0.05, 0) is 56.9 Å². The van der Waals surface area contributed by atoms with Crippen LogP contribution in [0.5, 0.6) is 0 Å². The van der Waals surface area contributed by atoms with Gasteiger partial charge in [0.05, 0.1) is 11.0 Å². The van der Waals surface area contributed by atoms with Crippen LogP contribution < -0.4 is 4.90 Å². The fourth-order valence-electron chi connectivity index (χ4n) is 5.21. The number of imidazole rings is 1. The highest BCUT2D eigenvalue weighted by molar-refractivity contribution is 6.01. The third kappa shape index (κ3) is 3.68. The number of fused-ring (bicyclic) bond motifs is 2. The topological polar surface area (TPSA) is 58.4 Å². The van der Waals surface area contributed by atoms with Gasteiger partial charge < -0.3 is 14.4 Å². The first-order valence-electron chi connectivity index (χ1n) is 11.7. The van der Waals surface area contributed by atoms with Crippen molar-refractivity contribution in [1.82, 2.24) is 14.5 Å². The van der Waals surface area contributed by atoms with E-state index in [4.69, 9.17) is 4.98 Å². The van der Waals surface area contributed by atoms with Gasteiger partial charge in [0.1, 0.15) is 12.4 Å². The number of hydrogen-bond acceptors (Lipinski definition) is 3. The summed E-state index contributed by atoms with van der Waals surface area (Å²) in [7, 11) is 0. The Morgan fingerprint density at radius 2 is 1.88 bits per heavy atom. The zero-order chi connectivity index (χ0) is 22.2. The van der Waals surface area contributed by atoms with Gasteiger partial charge in [0.15, 0.2) is 0 Å². The molecule has 2 aromatic carbocycles. The minimum absolute atomic E-state index is 0.0203. The Morgan fingerprint density at radius 1 is 1.09 bits per heavy atom. The minimum Gasteiger partial charge on any atom is -0.340 e. The molecule has 6 nitrogen and oxygen atoms in total. The average Bonchev–Trinajstić information content (AvgIpc) is 3.21. The molecule has 166 valence electrons. The van der Waals surface area contributed by atoms with Crippen LogP contribution in [-0.4, -0.2) is 45.9 Å². The van der Waals surface area contributed by atoms with Gasteiger partial charge in [-0.15, -0.1) is 0 Å². The summed E-state index contributed by atoms with van der Waals surface area (Å²) in [5, 5.41) is 0. The minimum atomic E-state index is 0.0203. The maximum Gasteiger partial charge on any atom is 0.242 e. The lowest BCUT2D eigenvalue weighted by Gasteiger charge is -2.35. The van der Waals surface area contributed by atoms with E-state index >= 15 is 0 Å². The zero-order valence-corrected chi connectivity index (χ0v) is 18.8. The molecule has 3 aromatic rings. The smallest absolute Gasteiger partial charge is 0.242 e. The molecule has 2 amide bonds. The first-order valence-corrected chi connectivity index (χ1v) is 11.7. The highest BCUT2D eigenvalue weighted by atomic mass is 16.2. The second kappa shape index (κ2) is 8.41. The second-order valence-corrected chi connectivity index (χ2v) is 9.21. The molecule has 1 saturated heterocycles. The third-order valence-electron chi connectivity index (χ3n) is 6.76. The zero-order valence-electron chi connectivity index (χ0n) is 18.8. The van der Waals surface area contributed by atoms with Crippen molar-refractivity contribution in [3.8, 4) is 0 Å². The van der Waals surface area contributed by atoms with E-state index in [9.17, 15) is 9.59 Å². The summed E-state index contributed by atoms with van der Waals surface area (Å²) in [6.45, 7) is 5.87. The SMILES string of the molecule is CC(C)n1c(C2CCCN(C(=O)CN3C(=O)CCc4ccccc43)C2)nc2ccccc21. The molecular formula is C26H30N4O2. The number of piperidine rings is 1.